The number of halogens is 1. The topological polar surface area (TPSA) is 34.1 Å². The first-order valence-corrected chi connectivity index (χ1v) is 5.50. The van der Waals surface area contributed by atoms with E-state index in [-0.39, 0.29) is 0 Å². The SMILES string of the molecule is Brc1nc(OC2CCNC2)cs1. The Morgan fingerprint density at radius 2 is 2.67 bits per heavy atom. The highest BCUT2D eigenvalue weighted by Gasteiger charge is 2.16. The third kappa shape index (κ3) is 1.97. The van der Waals surface area contributed by atoms with Crippen molar-refractivity contribution in [2.75, 3.05) is 13.1 Å². The van der Waals surface area contributed by atoms with E-state index in [9.17, 15) is 0 Å². The van der Waals surface area contributed by atoms with Crippen LogP contribution < -0.4 is 10.1 Å². The Balaban J connectivity index is 1.94. The molecular formula is C7H9BrN2OS. The minimum Gasteiger partial charge on any atom is -0.472 e. The summed E-state index contributed by atoms with van der Waals surface area (Å²) >= 11 is 4.84. The van der Waals surface area contributed by atoms with Crippen LogP contribution in [0.5, 0.6) is 5.88 Å². The average molecular weight is 249 g/mol. The third-order valence-electron chi connectivity index (χ3n) is 1.76. The molecule has 1 aromatic heterocycles. The predicted molar refractivity (Wildman–Crippen MR) is 51.7 cm³/mol. The zero-order valence-corrected chi connectivity index (χ0v) is 8.82. The lowest BCUT2D eigenvalue weighted by molar-refractivity contribution is 0.215. The van der Waals surface area contributed by atoms with Crippen LogP contribution in [0.3, 0.4) is 0 Å². The maximum Gasteiger partial charge on any atom is 0.225 e. The molecule has 1 N–H and O–H groups in total. The van der Waals surface area contributed by atoms with Gasteiger partial charge in [-0.05, 0) is 28.9 Å². The van der Waals surface area contributed by atoms with Crippen molar-refractivity contribution < 1.29 is 4.74 Å². The molecular weight excluding hydrogens is 240 g/mol. The molecule has 0 amide bonds. The number of ether oxygens (including phenoxy) is 1. The van der Waals surface area contributed by atoms with Gasteiger partial charge in [-0.15, -0.1) is 11.3 Å². The molecule has 1 aliphatic heterocycles. The fraction of sp³-hybridized carbons (Fsp3) is 0.571. The molecule has 0 aromatic carbocycles. The van der Waals surface area contributed by atoms with Crippen molar-refractivity contribution in [2.45, 2.75) is 12.5 Å². The first-order chi connectivity index (χ1) is 5.84. The monoisotopic (exact) mass is 248 g/mol. The fourth-order valence-electron chi connectivity index (χ4n) is 1.19. The van der Waals surface area contributed by atoms with Crippen LogP contribution in [0.25, 0.3) is 0 Å². The molecule has 3 nitrogen and oxygen atoms in total. The lowest BCUT2D eigenvalue weighted by Gasteiger charge is -2.08. The summed E-state index contributed by atoms with van der Waals surface area (Å²) in [4.78, 5) is 4.16. The minimum atomic E-state index is 0.305. The van der Waals surface area contributed by atoms with Crippen molar-refractivity contribution in [3.63, 3.8) is 0 Å². The molecule has 0 saturated carbocycles. The second-order valence-corrected chi connectivity index (χ2v) is 4.81. The molecule has 0 spiro atoms. The molecule has 1 fully saturated rings. The summed E-state index contributed by atoms with van der Waals surface area (Å²) in [7, 11) is 0. The fourth-order valence-corrected chi connectivity index (χ4v) is 2.10. The molecule has 5 heteroatoms. The molecule has 1 aromatic rings. The van der Waals surface area contributed by atoms with Gasteiger partial charge in [-0.2, -0.15) is 4.98 Å². The highest BCUT2D eigenvalue weighted by Crippen LogP contribution is 2.22. The van der Waals surface area contributed by atoms with Crippen molar-refractivity contribution in [1.29, 1.82) is 0 Å². The highest BCUT2D eigenvalue weighted by atomic mass is 79.9. The summed E-state index contributed by atoms with van der Waals surface area (Å²) in [6.07, 6.45) is 1.38. The zero-order chi connectivity index (χ0) is 8.39. The van der Waals surface area contributed by atoms with Gasteiger partial charge >= 0.3 is 0 Å². The van der Waals surface area contributed by atoms with Crippen molar-refractivity contribution in [2.24, 2.45) is 0 Å². The number of nitrogens with zero attached hydrogens (tertiary/aromatic N) is 1. The second-order valence-electron chi connectivity index (χ2n) is 2.67. The van der Waals surface area contributed by atoms with Gasteiger partial charge in [0.1, 0.15) is 6.10 Å². The van der Waals surface area contributed by atoms with E-state index < -0.39 is 0 Å². The molecule has 2 rings (SSSR count). The van der Waals surface area contributed by atoms with E-state index in [1.54, 1.807) is 11.3 Å². The Bertz CT molecular complexity index is 260. The molecule has 1 unspecified atom stereocenters. The van der Waals surface area contributed by atoms with Crippen LogP contribution in [0.4, 0.5) is 0 Å². The number of aromatic nitrogens is 1. The van der Waals surface area contributed by atoms with E-state index in [4.69, 9.17) is 4.74 Å². The summed E-state index contributed by atoms with van der Waals surface area (Å²) in [5.41, 5.74) is 0. The van der Waals surface area contributed by atoms with Crippen molar-refractivity contribution in [3.8, 4) is 5.88 Å². The summed E-state index contributed by atoms with van der Waals surface area (Å²) in [5.74, 6) is 0.737. The van der Waals surface area contributed by atoms with E-state index in [1.807, 2.05) is 5.38 Å². The van der Waals surface area contributed by atoms with Crippen LogP contribution in [-0.2, 0) is 0 Å². The van der Waals surface area contributed by atoms with Crippen molar-refractivity contribution >= 4 is 27.3 Å². The van der Waals surface area contributed by atoms with Gasteiger partial charge in [0.2, 0.25) is 5.88 Å². The quantitative estimate of drug-likeness (QED) is 0.865. The third-order valence-corrected chi connectivity index (χ3v) is 3.10. The van der Waals surface area contributed by atoms with Crippen molar-refractivity contribution in [3.05, 3.63) is 9.30 Å². The van der Waals surface area contributed by atoms with Crippen LogP contribution in [0.15, 0.2) is 9.30 Å². The lowest BCUT2D eigenvalue weighted by atomic mass is 10.3. The van der Waals surface area contributed by atoms with Gasteiger partial charge in [-0.3, -0.25) is 0 Å². The summed E-state index contributed by atoms with van der Waals surface area (Å²) in [6.45, 7) is 1.99. The van der Waals surface area contributed by atoms with E-state index >= 15 is 0 Å². The number of thiazole rings is 1. The zero-order valence-electron chi connectivity index (χ0n) is 6.42. The Labute approximate surface area is 83.3 Å². The minimum absolute atomic E-state index is 0.305. The molecule has 1 saturated heterocycles. The Morgan fingerprint density at radius 3 is 3.25 bits per heavy atom. The van der Waals surface area contributed by atoms with Gasteiger partial charge in [0.25, 0.3) is 0 Å². The second kappa shape index (κ2) is 3.72. The van der Waals surface area contributed by atoms with Crippen molar-refractivity contribution in [1.82, 2.24) is 10.3 Å². The molecule has 12 heavy (non-hydrogen) atoms. The maximum absolute atomic E-state index is 5.60. The first kappa shape index (κ1) is 8.47. The molecule has 0 bridgehead atoms. The summed E-state index contributed by atoms with van der Waals surface area (Å²) < 4.78 is 6.48. The summed E-state index contributed by atoms with van der Waals surface area (Å²) in [6, 6.07) is 0. The maximum atomic E-state index is 5.60. The van der Waals surface area contributed by atoms with Gasteiger partial charge in [0.05, 0.1) is 5.38 Å². The molecule has 1 aliphatic rings. The largest absolute Gasteiger partial charge is 0.472 e. The van der Waals surface area contributed by atoms with E-state index in [0.717, 1.165) is 29.3 Å². The van der Waals surface area contributed by atoms with Crippen LogP contribution in [0.2, 0.25) is 0 Å². The highest BCUT2D eigenvalue weighted by molar-refractivity contribution is 9.11. The van der Waals surface area contributed by atoms with Gasteiger partial charge in [0.15, 0.2) is 3.92 Å². The number of hydrogen-bond acceptors (Lipinski definition) is 4. The van der Waals surface area contributed by atoms with Gasteiger partial charge < -0.3 is 10.1 Å². The molecule has 0 aliphatic carbocycles. The molecule has 1 atom stereocenters. The molecule has 2 heterocycles. The standard InChI is InChI=1S/C7H9BrN2OS/c8-7-10-6(4-12-7)11-5-1-2-9-3-5/h4-5,9H,1-3H2. The Kier molecular flexibility index (Phi) is 2.63. The average Bonchev–Trinajstić information content (AvgIpc) is 2.63. The van der Waals surface area contributed by atoms with Crippen LogP contribution in [0, 0.1) is 0 Å². The van der Waals surface area contributed by atoms with E-state index in [0.29, 0.717) is 6.10 Å². The normalized spacial score (nSPS) is 22.9. The van der Waals surface area contributed by atoms with Crippen LogP contribution >= 0.6 is 27.3 Å². The number of hydrogen-bond donors (Lipinski definition) is 1. The lowest BCUT2D eigenvalue weighted by Crippen LogP contribution is -2.19. The molecule has 66 valence electrons. The van der Waals surface area contributed by atoms with E-state index in [2.05, 4.69) is 26.2 Å². The Morgan fingerprint density at radius 1 is 1.75 bits per heavy atom. The van der Waals surface area contributed by atoms with Crippen LogP contribution in [0.1, 0.15) is 6.42 Å². The predicted octanol–water partition coefficient (Wildman–Crippen LogP) is 1.65. The van der Waals surface area contributed by atoms with E-state index in [1.165, 1.54) is 0 Å². The first-order valence-electron chi connectivity index (χ1n) is 3.83. The van der Waals surface area contributed by atoms with Gasteiger partial charge in [-0.1, -0.05) is 0 Å². The van der Waals surface area contributed by atoms with Crippen LogP contribution in [-0.4, -0.2) is 24.2 Å². The number of nitrogens with one attached hydrogen (secondary N) is 1. The smallest absolute Gasteiger partial charge is 0.225 e. The Hall–Kier alpha value is -0.130. The van der Waals surface area contributed by atoms with Gasteiger partial charge in [-0.25, -0.2) is 0 Å². The number of rotatable bonds is 2. The molecule has 0 radical (unpaired) electrons. The van der Waals surface area contributed by atoms with Gasteiger partial charge in [0, 0.05) is 6.54 Å². The summed E-state index contributed by atoms with van der Waals surface area (Å²) in [5, 5.41) is 5.16.